The third-order valence-electron chi connectivity index (χ3n) is 0. The molecule has 0 amide bonds. The summed E-state index contributed by atoms with van der Waals surface area (Å²) >= 11 is 0. The molecular weight excluding hydrogens is 270 g/mol. The van der Waals surface area contributed by atoms with Gasteiger partial charge < -0.3 is 17.4 Å². The molecule has 9 heavy (non-hydrogen) atoms. The molecule has 0 aliphatic rings. The predicted molar refractivity (Wildman–Crippen MR) is 23.4 cm³/mol. The van der Waals surface area contributed by atoms with Gasteiger partial charge in [-0.3, -0.25) is 4.79 Å². The predicted octanol–water partition coefficient (Wildman–Crippen LogP) is 0.407. The Morgan fingerprint density at radius 1 is 1.22 bits per heavy atom. The summed E-state index contributed by atoms with van der Waals surface area (Å²) in [5.41, 5.74) is 0. The number of hydrogen-bond acceptors (Lipinski definition) is 3. The summed E-state index contributed by atoms with van der Waals surface area (Å²) < 4.78 is 0. The molecule has 7 heteroatoms. The van der Waals surface area contributed by atoms with Crippen LogP contribution in [0.25, 0.3) is 0 Å². The number of carbonyl (C=O) groups is 1. The summed E-state index contributed by atoms with van der Waals surface area (Å²) in [7, 11) is 0. The van der Waals surface area contributed by atoms with Crippen molar-refractivity contribution < 1.29 is 60.5 Å². The SMILES string of the molecule is CC(=O)O.N.N.[Cu].[Cu].[Ni]. The van der Waals surface area contributed by atoms with E-state index in [2.05, 4.69) is 0 Å². The monoisotopic (exact) mass is 278 g/mol. The number of aliphatic carboxylic acids is 1. The van der Waals surface area contributed by atoms with Gasteiger partial charge in [-0.25, -0.2) is 0 Å². The third kappa shape index (κ3) is 502. The molecule has 0 rings (SSSR count). The van der Waals surface area contributed by atoms with Crippen molar-refractivity contribution in [3.05, 3.63) is 0 Å². The smallest absolute Gasteiger partial charge is 0.300 e. The molecule has 0 saturated heterocycles. The van der Waals surface area contributed by atoms with Crippen molar-refractivity contribution in [1.29, 1.82) is 0 Å². The van der Waals surface area contributed by atoms with Gasteiger partial charge in [0.2, 0.25) is 0 Å². The molecule has 72 valence electrons. The Kier molecular flexibility index (Phi) is 208. The molecule has 0 spiro atoms. The second-order valence-electron chi connectivity index (χ2n) is 0.519. The first-order chi connectivity index (χ1) is 1.73. The van der Waals surface area contributed by atoms with Gasteiger partial charge in [0.25, 0.3) is 5.97 Å². The van der Waals surface area contributed by atoms with E-state index in [0.717, 1.165) is 6.92 Å². The Hall–Kier alpha value is 0.922. The standard InChI is InChI=1S/C2H4O2.2Cu.2H3N.Ni/c1-2(3)4;;;;;/h1H3,(H,3,4);;;2*1H3;. The van der Waals surface area contributed by atoms with E-state index >= 15 is 0 Å². The summed E-state index contributed by atoms with van der Waals surface area (Å²) in [5.74, 6) is -0.833. The third-order valence-corrected chi connectivity index (χ3v) is 0. The van der Waals surface area contributed by atoms with Gasteiger partial charge in [-0.15, -0.1) is 0 Å². The summed E-state index contributed by atoms with van der Waals surface area (Å²) in [6, 6.07) is 0. The molecule has 0 aliphatic heterocycles. The zero-order valence-electron chi connectivity index (χ0n) is 4.69. The fraction of sp³-hybridized carbons (Fsp3) is 0.500. The van der Waals surface area contributed by atoms with E-state index in [1.807, 2.05) is 0 Å². The number of rotatable bonds is 0. The molecule has 0 heterocycles. The second kappa shape index (κ2) is 36.4. The molecule has 2 radical (unpaired) electrons. The van der Waals surface area contributed by atoms with Crippen molar-refractivity contribution in [1.82, 2.24) is 12.3 Å². The molecule has 7 N–H and O–H groups in total. The Morgan fingerprint density at radius 2 is 1.22 bits per heavy atom. The van der Waals surface area contributed by atoms with Gasteiger partial charge in [-0.1, -0.05) is 0 Å². The first-order valence-electron chi connectivity index (χ1n) is 0.928. The minimum atomic E-state index is -0.833. The van der Waals surface area contributed by atoms with Crippen molar-refractivity contribution in [2.24, 2.45) is 0 Å². The van der Waals surface area contributed by atoms with E-state index in [1.54, 1.807) is 0 Å². The van der Waals surface area contributed by atoms with Crippen LogP contribution < -0.4 is 12.3 Å². The Balaban J connectivity index is -0.00000000450. The normalized spacial score (nSPS) is 2.78. The summed E-state index contributed by atoms with van der Waals surface area (Å²) in [4.78, 5) is 9.00. The van der Waals surface area contributed by atoms with Gasteiger partial charge in [0.05, 0.1) is 0 Å². The van der Waals surface area contributed by atoms with Crippen LogP contribution in [-0.4, -0.2) is 11.1 Å². The summed E-state index contributed by atoms with van der Waals surface area (Å²) in [5, 5.41) is 7.42. The Labute approximate surface area is 85.6 Å². The largest absolute Gasteiger partial charge is 0.481 e. The molecule has 0 unspecified atom stereocenters. The topological polar surface area (TPSA) is 107 Å². The molecule has 0 bridgehead atoms. The number of carboxylic acids is 1. The Bertz CT molecular complexity index is 43.5. The Morgan fingerprint density at radius 3 is 1.22 bits per heavy atom. The summed E-state index contributed by atoms with van der Waals surface area (Å²) in [6.45, 7) is 1.08. The molecule has 0 atom stereocenters. The van der Waals surface area contributed by atoms with Crippen LogP contribution >= 0.6 is 0 Å². The van der Waals surface area contributed by atoms with Crippen LogP contribution in [0.3, 0.4) is 0 Å². The first kappa shape index (κ1) is 51.3. The number of hydrogen-bond donors (Lipinski definition) is 3. The summed E-state index contributed by atoms with van der Waals surface area (Å²) in [6.07, 6.45) is 0. The van der Waals surface area contributed by atoms with Crippen LogP contribution in [-0.2, 0) is 55.4 Å². The van der Waals surface area contributed by atoms with Crippen molar-refractivity contribution >= 4 is 5.97 Å². The van der Waals surface area contributed by atoms with E-state index in [0.29, 0.717) is 0 Å². The van der Waals surface area contributed by atoms with Crippen molar-refractivity contribution in [3.63, 3.8) is 0 Å². The van der Waals surface area contributed by atoms with Gasteiger partial charge in [-0.05, 0) is 0 Å². The molecule has 0 fully saturated rings. The van der Waals surface area contributed by atoms with Crippen LogP contribution in [0.4, 0.5) is 0 Å². The van der Waals surface area contributed by atoms with Crippen molar-refractivity contribution in [2.75, 3.05) is 0 Å². The zero-order chi connectivity index (χ0) is 3.58. The van der Waals surface area contributed by atoms with Crippen LogP contribution in [0, 0.1) is 0 Å². The van der Waals surface area contributed by atoms with Gasteiger partial charge in [0.15, 0.2) is 0 Å². The fourth-order valence-corrected chi connectivity index (χ4v) is 0. The fourth-order valence-electron chi connectivity index (χ4n) is 0. The second-order valence-corrected chi connectivity index (χ2v) is 0.519. The van der Waals surface area contributed by atoms with E-state index in [-0.39, 0.29) is 62.9 Å². The molecular formula is C2H10Cu2N2NiO2. The maximum Gasteiger partial charge on any atom is 0.300 e. The molecule has 0 aromatic heterocycles. The quantitative estimate of drug-likeness (QED) is 0.558. The first-order valence-corrected chi connectivity index (χ1v) is 0.928. The van der Waals surface area contributed by atoms with Gasteiger partial charge in [0.1, 0.15) is 0 Å². The molecule has 0 aliphatic carbocycles. The maximum atomic E-state index is 9.00. The van der Waals surface area contributed by atoms with Gasteiger partial charge >= 0.3 is 0 Å². The minimum absolute atomic E-state index is 0. The van der Waals surface area contributed by atoms with Crippen molar-refractivity contribution in [2.45, 2.75) is 6.92 Å². The average Bonchev–Trinajstić information content (AvgIpc) is 0.811. The van der Waals surface area contributed by atoms with E-state index in [4.69, 9.17) is 9.90 Å². The molecule has 0 saturated carbocycles. The van der Waals surface area contributed by atoms with E-state index < -0.39 is 5.97 Å². The van der Waals surface area contributed by atoms with Crippen LogP contribution in [0.2, 0.25) is 0 Å². The molecule has 0 aromatic carbocycles. The average molecular weight is 280 g/mol. The maximum absolute atomic E-state index is 9.00. The van der Waals surface area contributed by atoms with Gasteiger partial charge in [-0.2, -0.15) is 0 Å². The molecule has 0 aromatic rings. The van der Waals surface area contributed by atoms with E-state index in [1.165, 1.54) is 0 Å². The van der Waals surface area contributed by atoms with E-state index in [9.17, 15) is 0 Å². The number of carboxylic acid groups (broad SMARTS) is 1. The zero-order valence-corrected chi connectivity index (χ0v) is 7.56. The van der Waals surface area contributed by atoms with Gasteiger partial charge in [0, 0.05) is 57.6 Å². The van der Waals surface area contributed by atoms with Crippen molar-refractivity contribution in [3.8, 4) is 0 Å². The van der Waals surface area contributed by atoms with Crippen LogP contribution in [0.15, 0.2) is 0 Å². The molecule has 4 nitrogen and oxygen atoms in total. The van der Waals surface area contributed by atoms with Crippen LogP contribution in [0.5, 0.6) is 0 Å². The van der Waals surface area contributed by atoms with Crippen LogP contribution in [0.1, 0.15) is 6.92 Å². The minimum Gasteiger partial charge on any atom is -0.481 e.